The molecule has 2 amide bonds. The van der Waals surface area contributed by atoms with E-state index in [9.17, 15) is 22.8 Å². The van der Waals surface area contributed by atoms with Crippen LogP contribution in [0.2, 0.25) is 0 Å². The number of nitrogens with one attached hydrogen (secondary N) is 3. The van der Waals surface area contributed by atoms with E-state index < -0.39 is 17.8 Å². The summed E-state index contributed by atoms with van der Waals surface area (Å²) in [4.78, 5) is 35.2. The summed E-state index contributed by atoms with van der Waals surface area (Å²) < 4.78 is 47.9. The van der Waals surface area contributed by atoms with Crippen molar-refractivity contribution in [1.29, 1.82) is 0 Å². The molecule has 1 aliphatic carbocycles. The number of rotatable bonds is 4. The molecule has 3 N–H and O–H groups in total. The Hall–Kier alpha value is -4.72. The van der Waals surface area contributed by atoms with Gasteiger partial charge in [0.1, 0.15) is 22.7 Å². The third-order valence-electron chi connectivity index (χ3n) is 8.13. The average Bonchev–Trinajstić information content (AvgIpc) is 3.73. The molecule has 2 atom stereocenters. The predicted octanol–water partition coefficient (Wildman–Crippen LogP) is 5.02. The van der Waals surface area contributed by atoms with E-state index in [1.54, 1.807) is 37.5 Å². The first-order valence-corrected chi connectivity index (χ1v) is 14.8. The minimum Gasteiger partial charge on any atom is -0.381 e. The lowest BCUT2D eigenvalue weighted by Gasteiger charge is -2.14. The van der Waals surface area contributed by atoms with Crippen molar-refractivity contribution in [2.24, 2.45) is 7.05 Å². The summed E-state index contributed by atoms with van der Waals surface area (Å²) >= 11 is 0. The van der Waals surface area contributed by atoms with Crippen LogP contribution in [-0.4, -0.2) is 62.3 Å². The Bertz CT molecular complexity index is 1760. The van der Waals surface area contributed by atoms with E-state index in [0.29, 0.717) is 42.2 Å². The number of aryl methyl sites for hydroxylation is 1. The van der Waals surface area contributed by atoms with Gasteiger partial charge < -0.3 is 20.7 Å². The number of aromatic nitrogens is 5. The molecular formula is C31H33F3N8O3. The second kappa shape index (κ2) is 12.3. The molecule has 0 radical (unpaired) electrons. The minimum absolute atomic E-state index is 0.0185. The zero-order chi connectivity index (χ0) is 31.7. The van der Waals surface area contributed by atoms with Crippen molar-refractivity contribution in [2.45, 2.75) is 50.2 Å². The van der Waals surface area contributed by atoms with Crippen molar-refractivity contribution < 1.29 is 27.5 Å². The molecule has 6 rings (SSSR count). The Morgan fingerprint density at radius 1 is 1.16 bits per heavy atom. The highest BCUT2D eigenvalue weighted by Gasteiger charge is 2.35. The van der Waals surface area contributed by atoms with Gasteiger partial charge in [-0.05, 0) is 43.9 Å². The van der Waals surface area contributed by atoms with Gasteiger partial charge in [-0.3, -0.25) is 18.7 Å². The predicted molar refractivity (Wildman–Crippen MR) is 162 cm³/mol. The van der Waals surface area contributed by atoms with Gasteiger partial charge in [-0.2, -0.15) is 18.3 Å². The molecule has 4 heterocycles. The van der Waals surface area contributed by atoms with E-state index in [4.69, 9.17) is 9.72 Å². The van der Waals surface area contributed by atoms with E-state index in [-0.39, 0.29) is 29.2 Å². The van der Waals surface area contributed by atoms with Crippen LogP contribution < -0.4 is 16.0 Å². The van der Waals surface area contributed by atoms with Crippen LogP contribution >= 0.6 is 0 Å². The van der Waals surface area contributed by atoms with Crippen molar-refractivity contribution in [3.05, 3.63) is 65.4 Å². The second-order valence-corrected chi connectivity index (χ2v) is 11.2. The first-order chi connectivity index (χ1) is 21.6. The summed E-state index contributed by atoms with van der Waals surface area (Å²) in [6, 6.07) is 7.53. The van der Waals surface area contributed by atoms with E-state index in [1.165, 1.54) is 7.05 Å². The van der Waals surface area contributed by atoms with E-state index in [2.05, 4.69) is 30.4 Å². The van der Waals surface area contributed by atoms with E-state index >= 15 is 0 Å². The smallest absolute Gasteiger partial charge is 0.381 e. The molecule has 14 heteroatoms. The molecule has 1 fully saturated rings. The van der Waals surface area contributed by atoms with Crippen molar-refractivity contribution in [3.8, 4) is 11.3 Å². The SMILES string of the molecule is CNc1ncc2n3c(nc(-c4ccc(C(=O)Nc5cc(C(F)(F)F)n(C)n5)cc4)c13)[C@@H]1CCC(C1)NC(=O)CCOCC/C=C/2. The Morgan fingerprint density at radius 2 is 1.96 bits per heavy atom. The first-order valence-electron chi connectivity index (χ1n) is 14.8. The highest BCUT2D eigenvalue weighted by molar-refractivity contribution is 6.04. The maximum atomic E-state index is 13.2. The summed E-state index contributed by atoms with van der Waals surface area (Å²) in [5, 5.41) is 12.5. The monoisotopic (exact) mass is 622 g/mol. The van der Waals surface area contributed by atoms with Gasteiger partial charge in [0.25, 0.3) is 5.91 Å². The summed E-state index contributed by atoms with van der Waals surface area (Å²) in [5.74, 6) is 0.765. The molecule has 4 aromatic rings. The van der Waals surface area contributed by atoms with Crippen molar-refractivity contribution in [2.75, 3.05) is 30.9 Å². The van der Waals surface area contributed by atoms with Crippen LogP contribution in [0.5, 0.6) is 0 Å². The zero-order valence-electron chi connectivity index (χ0n) is 24.8. The van der Waals surface area contributed by atoms with Crippen molar-refractivity contribution in [1.82, 2.24) is 29.5 Å². The van der Waals surface area contributed by atoms with Crippen LogP contribution in [0.15, 0.2) is 42.6 Å². The molecule has 1 unspecified atom stereocenters. The molecule has 1 aromatic carbocycles. The number of carbonyl (C=O) groups is 2. The van der Waals surface area contributed by atoms with Crippen molar-refractivity contribution >= 4 is 35.0 Å². The largest absolute Gasteiger partial charge is 0.433 e. The lowest BCUT2D eigenvalue weighted by molar-refractivity contribution is -0.143. The quantitative estimate of drug-likeness (QED) is 0.292. The van der Waals surface area contributed by atoms with Gasteiger partial charge in [-0.15, -0.1) is 0 Å². The number of carbonyl (C=O) groups excluding carboxylic acids is 2. The Morgan fingerprint density at radius 3 is 2.69 bits per heavy atom. The first kappa shape index (κ1) is 30.3. The fraction of sp³-hybridized carbons (Fsp3) is 0.387. The molecule has 11 nitrogen and oxygen atoms in total. The number of halogens is 3. The summed E-state index contributed by atoms with van der Waals surface area (Å²) in [5.41, 5.74) is 2.30. The maximum Gasteiger partial charge on any atom is 0.433 e. The van der Waals surface area contributed by atoms with Gasteiger partial charge in [-0.1, -0.05) is 18.2 Å². The van der Waals surface area contributed by atoms with Crippen LogP contribution in [0.3, 0.4) is 0 Å². The number of hydrogen-bond acceptors (Lipinski definition) is 7. The standard InChI is InChI=1S/C31H33F3N8O3/c1-35-28-27-26(18-6-8-19(9-7-18)30(44)38-24-16-23(31(32,33)34)41(2)40-24)39-29-20-10-11-21(15-20)37-25(43)12-14-45-13-4-3-5-22(17-36-28)42(27)29/h3,5-9,16-17,20-21H,4,10-15H2,1-2H3,(H,35,36)(H,37,43)(H,38,40,44)/b5-3+/t20-,21?/m1/s1. The third kappa shape index (κ3) is 6.27. The second-order valence-electron chi connectivity index (χ2n) is 11.2. The summed E-state index contributed by atoms with van der Waals surface area (Å²) in [7, 11) is 2.96. The molecule has 2 aliphatic rings. The molecule has 1 aliphatic heterocycles. The van der Waals surface area contributed by atoms with E-state index in [1.807, 2.05) is 12.2 Å². The molecular weight excluding hydrogens is 589 g/mol. The average molecular weight is 623 g/mol. The van der Waals surface area contributed by atoms with Crippen LogP contribution in [0.25, 0.3) is 22.9 Å². The number of ether oxygens (including phenoxy) is 1. The number of alkyl halides is 3. The minimum atomic E-state index is -4.59. The van der Waals surface area contributed by atoms with Gasteiger partial charge in [-0.25, -0.2) is 9.97 Å². The summed E-state index contributed by atoms with van der Waals surface area (Å²) in [6.45, 7) is 0.874. The molecule has 45 heavy (non-hydrogen) atoms. The fourth-order valence-electron chi connectivity index (χ4n) is 5.97. The van der Waals surface area contributed by atoms with Gasteiger partial charge in [0, 0.05) is 49.7 Å². The van der Waals surface area contributed by atoms with Crippen LogP contribution in [0, 0.1) is 0 Å². The highest BCUT2D eigenvalue weighted by atomic mass is 19.4. The van der Waals surface area contributed by atoms with E-state index in [0.717, 1.165) is 47.9 Å². The molecule has 0 saturated heterocycles. The molecule has 3 aromatic heterocycles. The van der Waals surface area contributed by atoms with Crippen molar-refractivity contribution in [3.63, 3.8) is 0 Å². The fourth-order valence-corrected chi connectivity index (χ4v) is 5.97. The lowest BCUT2D eigenvalue weighted by atomic mass is 10.1. The lowest BCUT2D eigenvalue weighted by Crippen LogP contribution is -2.33. The maximum absolute atomic E-state index is 13.2. The number of benzene rings is 1. The number of imidazole rings is 1. The molecule has 2 bridgehead atoms. The Balaban J connectivity index is 1.36. The van der Waals surface area contributed by atoms with Gasteiger partial charge in [0.2, 0.25) is 5.91 Å². The Kier molecular flexibility index (Phi) is 8.32. The highest BCUT2D eigenvalue weighted by Crippen LogP contribution is 2.39. The number of fused-ring (bicyclic) bond motifs is 3. The molecule has 1 saturated carbocycles. The van der Waals surface area contributed by atoms with Crippen LogP contribution in [0.4, 0.5) is 24.8 Å². The molecule has 0 spiro atoms. The normalized spacial score (nSPS) is 19.9. The number of hydrogen-bond donors (Lipinski definition) is 3. The van der Waals surface area contributed by atoms with Gasteiger partial charge in [0.15, 0.2) is 11.6 Å². The zero-order valence-corrected chi connectivity index (χ0v) is 24.8. The number of nitrogens with zero attached hydrogens (tertiary/aromatic N) is 5. The third-order valence-corrected chi connectivity index (χ3v) is 8.13. The van der Waals surface area contributed by atoms with Gasteiger partial charge >= 0.3 is 6.18 Å². The van der Waals surface area contributed by atoms with Crippen LogP contribution in [-0.2, 0) is 22.8 Å². The Labute approximate surface area is 256 Å². The number of anilines is 2. The van der Waals surface area contributed by atoms with Crippen LogP contribution in [0.1, 0.15) is 65.6 Å². The summed E-state index contributed by atoms with van der Waals surface area (Å²) in [6.07, 6.45) is 4.64. The topological polar surface area (TPSA) is 127 Å². The molecule has 236 valence electrons. The number of amides is 2. The van der Waals surface area contributed by atoms with Gasteiger partial charge in [0.05, 0.1) is 25.1 Å².